The van der Waals surface area contributed by atoms with Crippen molar-refractivity contribution < 1.29 is 9.53 Å². The van der Waals surface area contributed by atoms with E-state index in [0.29, 0.717) is 41.8 Å². The van der Waals surface area contributed by atoms with Crippen LogP contribution >= 0.6 is 0 Å². The molecule has 0 unspecified atom stereocenters. The quantitative estimate of drug-likeness (QED) is 0.847. The van der Waals surface area contributed by atoms with E-state index in [1.54, 1.807) is 25.3 Å². The van der Waals surface area contributed by atoms with E-state index in [-0.39, 0.29) is 17.9 Å². The number of rotatable bonds is 5. The number of pyridine rings is 1. The summed E-state index contributed by atoms with van der Waals surface area (Å²) < 4.78 is 5.28. The van der Waals surface area contributed by atoms with Crippen molar-refractivity contribution >= 4 is 5.91 Å². The molecule has 7 heteroatoms. The van der Waals surface area contributed by atoms with Crippen LogP contribution in [0.5, 0.6) is 0 Å². The van der Waals surface area contributed by atoms with E-state index in [2.05, 4.69) is 20.3 Å². The molecule has 3 rings (SSSR count). The highest BCUT2D eigenvalue weighted by atomic mass is 16.5. The molecule has 7 nitrogen and oxygen atoms in total. The number of ether oxygens (including phenoxy) is 1. The van der Waals surface area contributed by atoms with Gasteiger partial charge in [0.05, 0.1) is 13.0 Å². The van der Waals surface area contributed by atoms with Crippen LogP contribution in [0, 0.1) is 12.8 Å². The number of nitrogens with zero attached hydrogens (tertiary/aromatic N) is 2. The fourth-order valence-corrected chi connectivity index (χ4v) is 2.67. The molecule has 2 N–H and O–H groups in total. The number of nitrogens with one attached hydrogen (secondary N) is 2. The highest BCUT2D eigenvalue weighted by molar-refractivity contribution is 5.78. The largest absolute Gasteiger partial charge is 0.381 e. The predicted molar refractivity (Wildman–Crippen MR) is 88.5 cm³/mol. The molecule has 3 heterocycles. The molecule has 126 valence electrons. The predicted octanol–water partition coefficient (Wildman–Crippen LogP) is 0.836. The molecule has 0 aromatic carbocycles. The van der Waals surface area contributed by atoms with E-state index in [0.717, 1.165) is 13.0 Å². The van der Waals surface area contributed by atoms with Gasteiger partial charge in [0.2, 0.25) is 5.91 Å². The van der Waals surface area contributed by atoms with Gasteiger partial charge in [-0.25, -0.2) is 4.98 Å². The van der Waals surface area contributed by atoms with Crippen molar-refractivity contribution in [2.75, 3.05) is 19.8 Å². The van der Waals surface area contributed by atoms with Gasteiger partial charge in [0.25, 0.3) is 5.56 Å². The zero-order chi connectivity index (χ0) is 16.9. The van der Waals surface area contributed by atoms with Gasteiger partial charge < -0.3 is 15.0 Å². The summed E-state index contributed by atoms with van der Waals surface area (Å²) in [5.74, 6) is 0.589. The molecule has 1 aliphatic heterocycles. The van der Waals surface area contributed by atoms with Crippen LogP contribution in [0.1, 0.15) is 17.7 Å². The summed E-state index contributed by atoms with van der Waals surface area (Å²) in [5.41, 5.74) is 1.21. The molecule has 0 saturated carbocycles. The zero-order valence-corrected chi connectivity index (χ0v) is 13.5. The molecule has 0 bridgehead atoms. The minimum absolute atomic E-state index is 0.0181. The first-order valence-electron chi connectivity index (χ1n) is 7.99. The fourth-order valence-electron chi connectivity index (χ4n) is 2.67. The number of amides is 1. The maximum absolute atomic E-state index is 12.3. The second-order valence-corrected chi connectivity index (χ2v) is 5.90. The zero-order valence-electron chi connectivity index (χ0n) is 13.5. The fraction of sp³-hybridized carbons (Fsp3) is 0.412. The monoisotopic (exact) mass is 328 g/mol. The minimum Gasteiger partial charge on any atom is -0.381 e. The number of hydrogen-bond donors (Lipinski definition) is 2. The lowest BCUT2D eigenvalue weighted by Gasteiger charge is -2.10. The molecule has 1 aliphatic rings. The third kappa shape index (κ3) is 3.86. The Morgan fingerprint density at radius 2 is 2.33 bits per heavy atom. The van der Waals surface area contributed by atoms with Crippen molar-refractivity contribution in [3.05, 3.63) is 46.0 Å². The first kappa shape index (κ1) is 16.3. The Bertz CT molecular complexity index is 767. The van der Waals surface area contributed by atoms with Crippen LogP contribution in [0.2, 0.25) is 0 Å². The molecule has 1 fully saturated rings. The lowest BCUT2D eigenvalue weighted by molar-refractivity contribution is -0.120. The van der Waals surface area contributed by atoms with Crippen molar-refractivity contribution in [1.82, 2.24) is 20.3 Å². The van der Waals surface area contributed by atoms with Gasteiger partial charge in [-0.05, 0) is 25.5 Å². The van der Waals surface area contributed by atoms with Crippen molar-refractivity contribution in [2.45, 2.75) is 19.8 Å². The van der Waals surface area contributed by atoms with Gasteiger partial charge in [-0.3, -0.25) is 14.6 Å². The number of aryl methyl sites for hydroxylation is 1. The Hall–Kier alpha value is -2.54. The molecular formula is C17H20N4O3. The van der Waals surface area contributed by atoms with Crippen LogP contribution < -0.4 is 10.9 Å². The second-order valence-electron chi connectivity index (χ2n) is 5.90. The standard InChI is InChI=1S/C17H20N4O3/c1-11-13(8-15(22)19-9-12-5-7-24-10-12)17(23)21-16(20-11)14-4-2-3-6-18-14/h2-4,6,12H,5,7-10H2,1H3,(H,19,22)(H,20,21,23)/t12-/m1/s1. The molecule has 24 heavy (non-hydrogen) atoms. The Morgan fingerprint density at radius 1 is 1.46 bits per heavy atom. The van der Waals surface area contributed by atoms with Crippen molar-refractivity contribution in [3.8, 4) is 11.5 Å². The number of carbonyl (C=O) groups is 1. The van der Waals surface area contributed by atoms with Crippen LogP contribution in [0.25, 0.3) is 11.5 Å². The molecule has 1 atom stereocenters. The van der Waals surface area contributed by atoms with Crippen molar-refractivity contribution in [1.29, 1.82) is 0 Å². The molecule has 2 aromatic heterocycles. The summed E-state index contributed by atoms with van der Waals surface area (Å²) in [4.78, 5) is 35.6. The summed E-state index contributed by atoms with van der Waals surface area (Å²) in [7, 11) is 0. The third-order valence-corrected chi connectivity index (χ3v) is 4.08. The number of aromatic amines is 1. The Balaban J connectivity index is 1.69. The summed E-state index contributed by atoms with van der Waals surface area (Å²) >= 11 is 0. The Kier molecular flexibility index (Phi) is 5.00. The van der Waals surface area contributed by atoms with Crippen LogP contribution in [0.4, 0.5) is 0 Å². The molecular weight excluding hydrogens is 308 g/mol. The first-order chi connectivity index (χ1) is 11.6. The molecule has 1 amide bonds. The van der Waals surface area contributed by atoms with Crippen LogP contribution in [-0.4, -0.2) is 40.6 Å². The van der Waals surface area contributed by atoms with E-state index in [9.17, 15) is 9.59 Å². The highest BCUT2D eigenvalue weighted by Crippen LogP contribution is 2.12. The lowest BCUT2D eigenvalue weighted by atomic mass is 10.1. The summed E-state index contributed by atoms with van der Waals surface area (Å²) in [6, 6.07) is 5.39. The van der Waals surface area contributed by atoms with Gasteiger partial charge in [0.15, 0.2) is 5.82 Å². The van der Waals surface area contributed by atoms with Gasteiger partial charge in [0.1, 0.15) is 5.69 Å². The Labute approximate surface area is 139 Å². The minimum atomic E-state index is -0.303. The van der Waals surface area contributed by atoms with Crippen LogP contribution in [-0.2, 0) is 16.0 Å². The number of H-pyrrole nitrogens is 1. The second kappa shape index (κ2) is 7.35. The highest BCUT2D eigenvalue weighted by Gasteiger charge is 2.18. The van der Waals surface area contributed by atoms with Gasteiger partial charge in [0, 0.05) is 36.5 Å². The first-order valence-corrected chi connectivity index (χ1v) is 7.99. The van der Waals surface area contributed by atoms with Crippen molar-refractivity contribution in [3.63, 3.8) is 0 Å². The van der Waals surface area contributed by atoms with Gasteiger partial charge in [-0.1, -0.05) is 6.07 Å². The van der Waals surface area contributed by atoms with Crippen LogP contribution in [0.15, 0.2) is 29.2 Å². The van der Waals surface area contributed by atoms with Crippen molar-refractivity contribution in [2.24, 2.45) is 5.92 Å². The maximum Gasteiger partial charge on any atom is 0.255 e. The van der Waals surface area contributed by atoms with E-state index in [4.69, 9.17) is 4.74 Å². The van der Waals surface area contributed by atoms with Gasteiger partial charge in [-0.15, -0.1) is 0 Å². The molecule has 1 saturated heterocycles. The molecule has 2 aromatic rings. The van der Waals surface area contributed by atoms with E-state index in [1.807, 2.05) is 6.07 Å². The number of hydrogen-bond acceptors (Lipinski definition) is 5. The lowest BCUT2D eigenvalue weighted by Crippen LogP contribution is -2.33. The maximum atomic E-state index is 12.3. The van der Waals surface area contributed by atoms with Gasteiger partial charge >= 0.3 is 0 Å². The smallest absolute Gasteiger partial charge is 0.255 e. The molecule has 0 spiro atoms. The molecule has 0 radical (unpaired) electrons. The van der Waals surface area contributed by atoms with Gasteiger partial charge in [-0.2, -0.15) is 0 Å². The average molecular weight is 328 g/mol. The number of carbonyl (C=O) groups excluding carboxylic acids is 1. The van der Waals surface area contributed by atoms with E-state index < -0.39 is 0 Å². The summed E-state index contributed by atoms with van der Waals surface area (Å²) in [6.07, 6.45) is 2.61. The topological polar surface area (TPSA) is 97.0 Å². The summed E-state index contributed by atoms with van der Waals surface area (Å²) in [6.45, 7) is 3.74. The molecule has 0 aliphatic carbocycles. The summed E-state index contributed by atoms with van der Waals surface area (Å²) in [5, 5.41) is 2.86. The Morgan fingerprint density at radius 3 is 3.00 bits per heavy atom. The number of aromatic nitrogens is 3. The average Bonchev–Trinajstić information content (AvgIpc) is 3.10. The third-order valence-electron chi connectivity index (χ3n) is 4.08. The van der Waals surface area contributed by atoms with E-state index in [1.165, 1.54) is 0 Å². The van der Waals surface area contributed by atoms with E-state index >= 15 is 0 Å². The van der Waals surface area contributed by atoms with Crippen LogP contribution in [0.3, 0.4) is 0 Å². The SMILES string of the molecule is Cc1nc(-c2ccccn2)[nH]c(=O)c1CC(=O)NC[C@H]1CCOC1. The normalized spacial score (nSPS) is 17.0.